The van der Waals surface area contributed by atoms with Gasteiger partial charge < -0.3 is 9.72 Å². The number of hydrogen-bond donors (Lipinski definition) is 2. The molecular formula is C20H12F7N3O3. The first-order valence-corrected chi connectivity index (χ1v) is 8.90. The molecule has 0 saturated carbocycles. The number of benzene rings is 2. The van der Waals surface area contributed by atoms with Gasteiger partial charge in [-0.15, -0.1) is 0 Å². The number of halogens is 7. The molecule has 0 spiro atoms. The van der Waals surface area contributed by atoms with Gasteiger partial charge in [0.1, 0.15) is 11.3 Å². The lowest BCUT2D eigenvalue weighted by molar-refractivity contribution is -0.253. The molecule has 1 amide bonds. The van der Waals surface area contributed by atoms with E-state index >= 15 is 0 Å². The van der Waals surface area contributed by atoms with E-state index in [1.807, 2.05) is 5.43 Å². The molecule has 0 saturated heterocycles. The first kappa shape index (κ1) is 23.8. The van der Waals surface area contributed by atoms with E-state index in [0.29, 0.717) is 0 Å². The van der Waals surface area contributed by atoms with E-state index in [0.717, 1.165) is 42.7 Å². The van der Waals surface area contributed by atoms with E-state index in [2.05, 4.69) is 14.8 Å². The first-order valence-electron chi connectivity index (χ1n) is 8.90. The third kappa shape index (κ3) is 5.30. The number of para-hydroxylation sites is 1. The lowest BCUT2D eigenvalue weighted by atomic mass is 10.1. The molecular weight excluding hydrogens is 463 g/mol. The summed E-state index contributed by atoms with van der Waals surface area (Å²) in [7, 11) is 0. The number of hydrazone groups is 1. The maximum atomic E-state index is 13.1. The molecule has 33 heavy (non-hydrogen) atoms. The van der Waals surface area contributed by atoms with Crippen LogP contribution >= 0.6 is 0 Å². The van der Waals surface area contributed by atoms with Crippen LogP contribution in [-0.4, -0.2) is 29.6 Å². The van der Waals surface area contributed by atoms with Crippen molar-refractivity contribution in [2.24, 2.45) is 5.10 Å². The van der Waals surface area contributed by atoms with Crippen molar-refractivity contribution in [2.45, 2.75) is 18.7 Å². The fraction of sp³-hybridized carbons (Fsp3) is 0.150. The van der Waals surface area contributed by atoms with Gasteiger partial charge in [0, 0.05) is 11.6 Å². The molecule has 0 atom stereocenters. The SMILES string of the molecule is O=C(N/N=C\c1ccc(OC(F)(F)C(F)F)cc1)c1c[nH]c2c(C(F)(F)F)cccc2c1=O. The van der Waals surface area contributed by atoms with Crippen molar-refractivity contribution >= 4 is 23.0 Å². The third-order valence-corrected chi connectivity index (χ3v) is 4.23. The van der Waals surface area contributed by atoms with Crippen LogP contribution in [0.2, 0.25) is 0 Å². The minimum Gasteiger partial charge on any atom is -0.428 e. The summed E-state index contributed by atoms with van der Waals surface area (Å²) >= 11 is 0. The normalized spacial score (nSPS) is 12.5. The number of nitrogens with zero attached hydrogens (tertiary/aromatic N) is 1. The number of amides is 1. The van der Waals surface area contributed by atoms with Gasteiger partial charge in [-0.05, 0) is 42.0 Å². The van der Waals surface area contributed by atoms with Gasteiger partial charge in [-0.3, -0.25) is 9.59 Å². The minimum absolute atomic E-state index is 0.241. The van der Waals surface area contributed by atoms with Gasteiger partial charge in [-0.25, -0.2) is 5.43 Å². The second-order valence-electron chi connectivity index (χ2n) is 6.49. The van der Waals surface area contributed by atoms with E-state index in [1.165, 1.54) is 12.1 Å². The maximum absolute atomic E-state index is 13.1. The number of carbonyl (C=O) groups is 1. The smallest absolute Gasteiger partial charge is 0.428 e. The molecule has 1 heterocycles. The van der Waals surface area contributed by atoms with Crippen molar-refractivity contribution < 1.29 is 40.3 Å². The lowest BCUT2D eigenvalue weighted by Gasteiger charge is -2.16. The zero-order valence-corrected chi connectivity index (χ0v) is 16.1. The number of ether oxygens (including phenoxy) is 1. The van der Waals surface area contributed by atoms with E-state index in [9.17, 15) is 40.3 Å². The Balaban J connectivity index is 1.73. The van der Waals surface area contributed by atoms with Gasteiger partial charge in [0.2, 0.25) is 5.43 Å². The van der Waals surface area contributed by atoms with Gasteiger partial charge >= 0.3 is 18.7 Å². The Kier molecular flexibility index (Phi) is 6.42. The molecule has 174 valence electrons. The van der Waals surface area contributed by atoms with Gasteiger partial charge in [0.15, 0.2) is 0 Å². The molecule has 0 aliphatic rings. The summed E-state index contributed by atoms with van der Waals surface area (Å²) in [6.45, 7) is 0. The molecule has 3 rings (SSSR count). The molecule has 0 aliphatic carbocycles. The van der Waals surface area contributed by atoms with Crippen LogP contribution in [0.25, 0.3) is 10.9 Å². The van der Waals surface area contributed by atoms with Gasteiger partial charge in [-0.1, -0.05) is 6.07 Å². The molecule has 3 aromatic rings. The molecule has 0 bridgehead atoms. The van der Waals surface area contributed by atoms with Crippen LogP contribution in [0.5, 0.6) is 5.75 Å². The average molecular weight is 475 g/mol. The minimum atomic E-state index is -4.72. The Hall–Kier alpha value is -3.90. The highest BCUT2D eigenvalue weighted by Gasteiger charge is 2.43. The van der Waals surface area contributed by atoms with E-state index in [4.69, 9.17) is 0 Å². The number of rotatable bonds is 6. The fourth-order valence-corrected chi connectivity index (χ4v) is 2.71. The van der Waals surface area contributed by atoms with E-state index in [1.54, 1.807) is 0 Å². The summed E-state index contributed by atoms with van der Waals surface area (Å²) in [5, 5.41) is 3.21. The standard InChI is InChI=1S/C20H12F7N3O3/c21-18(22)20(26,27)33-11-6-4-10(5-7-11)8-29-30-17(32)13-9-28-15-12(16(13)31)2-1-3-14(15)19(23,24)25/h1-9,18H,(H,28,31)(H,30,32)/b29-8-. The van der Waals surface area contributed by atoms with Gasteiger partial charge in [0.25, 0.3) is 5.91 Å². The molecule has 0 fully saturated rings. The van der Waals surface area contributed by atoms with Crippen molar-refractivity contribution in [1.29, 1.82) is 0 Å². The predicted octanol–water partition coefficient (Wildman–Crippen LogP) is 4.55. The van der Waals surface area contributed by atoms with Crippen LogP contribution in [0.1, 0.15) is 21.5 Å². The average Bonchev–Trinajstić information content (AvgIpc) is 2.74. The summed E-state index contributed by atoms with van der Waals surface area (Å²) in [5.41, 5.74) is -0.759. The van der Waals surface area contributed by atoms with Gasteiger partial charge in [0.05, 0.1) is 17.3 Å². The number of hydrogen-bond acceptors (Lipinski definition) is 4. The lowest BCUT2D eigenvalue weighted by Crippen LogP contribution is -2.33. The molecule has 2 aromatic carbocycles. The molecule has 6 nitrogen and oxygen atoms in total. The Labute approximate surface area is 179 Å². The van der Waals surface area contributed by atoms with Crippen LogP contribution in [0.3, 0.4) is 0 Å². The quantitative estimate of drug-likeness (QED) is 0.312. The molecule has 0 unspecified atom stereocenters. The summed E-state index contributed by atoms with van der Waals surface area (Å²) in [4.78, 5) is 27.0. The Bertz CT molecular complexity index is 1250. The largest absolute Gasteiger partial charge is 0.461 e. The van der Waals surface area contributed by atoms with E-state index < -0.39 is 52.4 Å². The molecule has 0 radical (unpaired) electrons. The fourth-order valence-electron chi connectivity index (χ4n) is 2.71. The Morgan fingerprint density at radius 3 is 2.33 bits per heavy atom. The topological polar surface area (TPSA) is 83.5 Å². The molecule has 0 aliphatic heterocycles. The molecule has 2 N–H and O–H groups in total. The highest BCUT2D eigenvalue weighted by atomic mass is 19.4. The highest BCUT2D eigenvalue weighted by molar-refractivity contribution is 5.98. The van der Waals surface area contributed by atoms with Crippen molar-refractivity contribution in [3.63, 3.8) is 0 Å². The second kappa shape index (κ2) is 8.92. The van der Waals surface area contributed by atoms with Crippen molar-refractivity contribution in [1.82, 2.24) is 10.4 Å². The van der Waals surface area contributed by atoms with Crippen LogP contribution in [-0.2, 0) is 6.18 Å². The zero-order valence-electron chi connectivity index (χ0n) is 16.1. The van der Waals surface area contributed by atoms with E-state index in [-0.39, 0.29) is 10.9 Å². The number of pyridine rings is 1. The first-order chi connectivity index (χ1) is 15.4. The van der Waals surface area contributed by atoms with Crippen LogP contribution in [0.15, 0.2) is 58.6 Å². The zero-order chi connectivity index (χ0) is 24.4. The second-order valence-corrected chi connectivity index (χ2v) is 6.49. The van der Waals surface area contributed by atoms with Crippen LogP contribution in [0.4, 0.5) is 30.7 Å². The van der Waals surface area contributed by atoms with Crippen molar-refractivity contribution in [2.75, 3.05) is 0 Å². The summed E-state index contributed by atoms with van der Waals surface area (Å²) < 4.78 is 93.1. The summed E-state index contributed by atoms with van der Waals surface area (Å²) in [6.07, 6.45) is -11.5. The number of H-pyrrole nitrogens is 1. The predicted molar refractivity (Wildman–Crippen MR) is 103 cm³/mol. The maximum Gasteiger partial charge on any atom is 0.461 e. The number of aromatic nitrogens is 1. The Morgan fingerprint density at radius 2 is 1.73 bits per heavy atom. The summed E-state index contributed by atoms with van der Waals surface area (Å²) in [6, 6.07) is 7.22. The molecule has 1 aromatic heterocycles. The number of aromatic amines is 1. The van der Waals surface area contributed by atoms with Crippen molar-refractivity contribution in [3.05, 3.63) is 75.6 Å². The number of carbonyl (C=O) groups excluding carboxylic acids is 1. The van der Waals surface area contributed by atoms with Crippen LogP contribution in [0, 0.1) is 0 Å². The monoisotopic (exact) mass is 475 g/mol. The third-order valence-electron chi connectivity index (χ3n) is 4.23. The Morgan fingerprint density at radius 1 is 1.06 bits per heavy atom. The number of fused-ring (bicyclic) bond motifs is 1. The van der Waals surface area contributed by atoms with Crippen molar-refractivity contribution in [3.8, 4) is 5.75 Å². The number of alkyl halides is 7. The highest BCUT2D eigenvalue weighted by Crippen LogP contribution is 2.33. The van der Waals surface area contributed by atoms with Crippen LogP contribution < -0.4 is 15.6 Å². The number of nitrogens with one attached hydrogen (secondary N) is 2. The molecule has 13 heteroatoms. The van der Waals surface area contributed by atoms with Gasteiger partial charge in [-0.2, -0.15) is 35.8 Å². The summed E-state index contributed by atoms with van der Waals surface area (Å²) in [5.74, 6) is -1.56.